The molecule has 7 nitrogen and oxygen atoms in total. The van der Waals surface area contributed by atoms with Gasteiger partial charge in [-0.05, 0) is 37.0 Å². The molecule has 2 rings (SSSR count). The van der Waals surface area contributed by atoms with E-state index < -0.39 is 0 Å². The Balaban J connectivity index is 2.37. The number of aliphatic hydroxyl groups excluding tert-OH is 1. The van der Waals surface area contributed by atoms with E-state index in [4.69, 9.17) is 5.73 Å². The summed E-state index contributed by atoms with van der Waals surface area (Å²) >= 11 is 0. The molecule has 4 N–H and O–H groups in total. The highest BCUT2D eigenvalue weighted by Gasteiger charge is 2.17. The van der Waals surface area contributed by atoms with Crippen molar-refractivity contribution in [2.24, 2.45) is 0 Å². The molecule has 0 unspecified atom stereocenters. The van der Waals surface area contributed by atoms with Crippen molar-refractivity contribution in [1.29, 1.82) is 0 Å². The number of esters is 1. The summed E-state index contributed by atoms with van der Waals surface area (Å²) < 4.78 is 19.2. The first-order valence-corrected chi connectivity index (χ1v) is 9.72. The van der Waals surface area contributed by atoms with Crippen molar-refractivity contribution in [3.8, 4) is 0 Å². The molecule has 1 aromatic heterocycles. The second kappa shape index (κ2) is 10.7. The average molecular weight is 404 g/mol. The molecule has 2 aromatic rings. The number of methoxy groups -OCH3 is 1. The number of ether oxygens (including phenoxy) is 1. The first kappa shape index (κ1) is 22.5. The van der Waals surface area contributed by atoms with Gasteiger partial charge in [-0.3, -0.25) is 4.79 Å². The van der Waals surface area contributed by atoms with E-state index in [2.05, 4.69) is 26.9 Å². The number of hydrogen-bond donors (Lipinski definition) is 3. The second-order valence-electron chi connectivity index (χ2n) is 6.99. The van der Waals surface area contributed by atoms with E-state index in [0.29, 0.717) is 29.1 Å². The van der Waals surface area contributed by atoms with Gasteiger partial charge in [-0.15, -0.1) is 0 Å². The SMILES string of the molecule is CCC[C@@H](CCO)Nc1nc(N)nc(C)c1Cc1cc(CC(=O)OC)ccc1F. The fourth-order valence-electron chi connectivity index (χ4n) is 3.24. The minimum absolute atomic E-state index is 0.0213. The van der Waals surface area contributed by atoms with E-state index in [0.717, 1.165) is 18.4 Å². The lowest BCUT2D eigenvalue weighted by atomic mass is 9.99. The van der Waals surface area contributed by atoms with Gasteiger partial charge in [0, 0.05) is 30.3 Å². The van der Waals surface area contributed by atoms with Gasteiger partial charge in [-0.2, -0.15) is 4.98 Å². The first-order valence-electron chi connectivity index (χ1n) is 9.72. The molecule has 0 radical (unpaired) electrons. The maximum atomic E-state index is 14.5. The predicted molar refractivity (Wildman–Crippen MR) is 110 cm³/mol. The molecule has 0 fully saturated rings. The summed E-state index contributed by atoms with van der Waals surface area (Å²) in [6.45, 7) is 3.92. The largest absolute Gasteiger partial charge is 0.469 e. The number of hydrogen-bond acceptors (Lipinski definition) is 7. The van der Waals surface area contributed by atoms with Crippen LogP contribution in [0.1, 0.15) is 48.6 Å². The van der Waals surface area contributed by atoms with E-state index in [1.165, 1.54) is 13.2 Å². The molecule has 0 amide bonds. The minimum atomic E-state index is -0.386. The van der Waals surface area contributed by atoms with Gasteiger partial charge in [0.05, 0.1) is 13.5 Å². The fourth-order valence-corrected chi connectivity index (χ4v) is 3.24. The zero-order valence-corrected chi connectivity index (χ0v) is 17.2. The molecular weight excluding hydrogens is 375 g/mol. The van der Waals surface area contributed by atoms with Gasteiger partial charge in [0.1, 0.15) is 11.6 Å². The van der Waals surface area contributed by atoms with Crippen molar-refractivity contribution < 1.29 is 19.0 Å². The summed E-state index contributed by atoms with van der Waals surface area (Å²) in [4.78, 5) is 20.1. The van der Waals surface area contributed by atoms with E-state index in [1.807, 2.05) is 0 Å². The first-order chi connectivity index (χ1) is 13.9. The summed E-state index contributed by atoms with van der Waals surface area (Å²) in [5, 5.41) is 12.7. The van der Waals surface area contributed by atoms with Gasteiger partial charge in [0.2, 0.25) is 5.95 Å². The third kappa shape index (κ3) is 6.39. The third-order valence-electron chi connectivity index (χ3n) is 4.74. The number of carbonyl (C=O) groups is 1. The van der Waals surface area contributed by atoms with E-state index in [1.54, 1.807) is 19.1 Å². The Morgan fingerprint density at radius 3 is 2.76 bits per heavy atom. The lowest BCUT2D eigenvalue weighted by Crippen LogP contribution is -2.23. The molecule has 1 aromatic carbocycles. The predicted octanol–water partition coefficient (Wildman–Crippen LogP) is 2.78. The van der Waals surface area contributed by atoms with Gasteiger partial charge in [-0.25, -0.2) is 9.37 Å². The van der Waals surface area contributed by atoms with Crippen LogP contribution in [-0.2, 0) is 22.4 Å². The average Bonchev–Trinajstić information content (AvgIpc) is 2.67. The molecule has 0 saturated carbocycles. The van der Waals surface area contributed by atoms with Crippen LogP contribution in [0.15, 0.2) is 18.2 Å². The molecule has 29 heavy (non-hydrogen) atoms. The van der Waals surface area contributed by atoms with Crippen molar-refractivity contribution in [1.82, 2.24) is 9.97 Å². The van der Waals surface area contributed by atoms with Gasteiger partial charge >= 0.3 is 5.97 Å². The summed E-state index contributed by atoms with van der Waals surface area (Å²) in [6.07, 6.45) is 2.68. The van der Waals surface area contributed by atoms with Crippen LogP contribution >= 0.6 is 0 Å². The van der Waals surface area contributed by atoms with E-state index in [9.17, 15) is 14.3 Å². The smallest absolute Gasteiger partial charge is 0.309 e. The number of nitrogen functional groups attached to an aromatic ring is 1. The van der Waals surface area contributed by atoms with Crippen molar-refractivity contribution in [2.75, 3.05) is 24.8 Å². The van der Waals surface area contributed by atoms with Crippen molar-refractivity contribution >= 4 is 17.7 Å². The zero-order chi connectivity index (χ0) is 21.4. The van der Waals surface area contributed by atoms with Crippen LogP contribution in [0.25, 0.3) is 0 Å². The normalized spacial score (nSPS) is 11.9. The van der Waals surface area contributed by atoms with E-state index in [-0.39, 0.29) is 43.2 Å². The van der Waals surface area contributed by atoms with Crippen molar-refractivity contribution in [2.45, 2.75) is 52.0 Å². The molecule has 0 aliphatic heterocycles. The molecule has 1 heterocycles. The number of nitrogens with one attached hydrogen (secondary N) is 1. The molecule has 8 heteroatoms. The molecule has 1 atom stereocenters. The number of benzene rings is 1. The minimum Gasteiger partial charge on any atom is -0.469 e. The Hall–Kier alpha value is -2.74. The van der Waals surface area contributed by atoms with Crippen LogP contribution in [0.4, 0.5) is 16.2 Å². The molecule has 158 valence electrons. The molecule has 0 bridgehead atoms. The van der Waals surface area contributed by atoms with Crippen LogP contribution in [0, 0.1) is 12.7 Å². The van der Waals surface area contributed by atoms with E-state index >= 15 is 0 Å². The zero-order valence-electron chi connectivity index (χ0n) is 17.2. The molecule has 0 aliphatic carbocycles. The second-order valence-corrected chi connectivity index (χ2v) is 6.99. The van der Waals surface area contributed by atoms with Crippen molar-refractivity contribution in [3.05, 3.63) is 46.4 Å². The number of nitrogens with two attached hydrogens (primary N) is 1. The fraction of sp³-hybridized carbons (Fsp3) is 0.476. The van der Waals surface area contributed by atoms with Crippen molar-refractivity contribution in [3.63, 3.8) is 0 Å². The highest BCUT2D eigenvalue weighted by Crippen LogP contribution is 2.25. The van der Waals surface area contributed by atoms with Crippen LogP contribution in [-0.4, -0.2) is 40.8 Å². The van der Waals surface area contributed by atoms with Crippen LogP contribution in [0.3, 0.4) is 0 Å². The lowest BCUT2D eigenvalue weighted by molar-refractivity contribution is -0.139. The van der Waals surface area contributed by atoms with Gasteiger partial charge < -0.3 is 20.9 Å². The van der Waals surface area contributed by atoms with Crippen LogP contribution in [0.5, 0.6) is 0 Å². The summed E-state index contributed by atoms with van der Waals surface area (Å²) in [5.41, 5.74) is 8.31. The Bertz CT molecular complexity index is 839. The number of aryl methyl sites for hydroxylation is 1. The molecule has 0 spiro atoms. The van der Waals surface area contributed by atoms with Crippen LogP contribution in [0.2, 0.25) is 0 Å². The Morgan fingerprint density at radius 1 is 1.34 bits per heavy atom. The Labute approximate surface area is 170 Å². The summed E-state index contributed by atoms with van der Waals surface area (Å²) in [5.74, 6) is -0.0860. The number of carbonyl (C=O) groups excluding carboxylic acids is 1. The maximum Gasteiger partial charge on any atom is 0.309 e. The highest BCUT2D eigenvalue weighted by atomic mass is 19.1. The maximum absolute atomic E-state index is 14.5. The quantitative estimate of drug-likeness (QED) is 0.522. The van der Waals surface area contributed by atoms with Gasteiger partial charge in [-0.1, -0.05) is 25.5 Å². The Morgan fingerprint density at radius 2 is 2.10 bits per heavy atom. The van der Waals surface area contributed by atoms with Gasteiger partial charge in [0.25, 0.3) is 0 Å². The number of nitrogens with zero attached hydrogens (tertiary/aromatic N) is 2. The number of anilines is 2. The topological polar surface area (TPSA) is 110 Å². The summed E-state index contributed by atoms with van der Waals surface area (Å²) in [6, 6.07) is 4.59. The van der Waals surface area contributed by atoms with Crippen LogP contribution < -0.4 is 11.1 Å². The number of rotatable bonds is 10. The number of aromatic nitrogens is 2. The highest BCUT2D eigenvalue weighted by molar-refractivity contribution is 5.72. The summed E-state index contributed by atoms with van der Waals surface area (Å²) in [7, 11) is 1.32. The molecule has 0 aliphatic rings. The third-order valence-corrected chi connectivity index (χ3v) is 4.74. The monoisotopic (exact) mass is 404 g/mol. The Kier molecular flexibility index (Phi) is 8.33. The molecular formula is C21H29FN4O3. The lowest BCUT2D eigenvalue weighted by Gasteiger charge is -2.21. The van der Waals surface area contributed by atoms with Gasteiger partial charge in [0.15, 0.2) is 0 Å². The number of halogens is 1. The molecule has 0 saturated heterocycles. The number of aliphatic hydroxyl groups is 1. The standard InChI is InChI=1S/C21H29FN4O3/c1-4-5-16(8-9-27)25-20-17(13(2)24-21(23)26-20)12-15-10-14(6-7-18(15)22)11-19(28)29-3/h6-7,10,16,27H,4-5,8-9,11-12H2,1-3H3,(H3,23,24,25,26)/t16-/m0/s1.